The van der Waals surface area contributed by atoms with Gasteiger partial charge >= 0.3 is 0 Å². The van der Waals surface area contributed by atoms with E-state index in [1.165, 1.54) is 11.3 Å². The number of aromatic nitrogens is 2. The zero-order valence-electron chi connectivity index (χ0n) is 6.60. The molecule has 0 spiro atoms. The van der Waals surface area contributed by atoms with Crippen molar-refractivity contribution < 1.29 is 4.52 Å². The maximum absolute atomic E-state index is 8.38. The van der Waals surface area contributed by atoms with Gasteiger partial charge in [0.25, 0.3) is 0 Å². The molecule has 0 bridgehead atoms. The van der Waals surface area contributed by atoms with Crippen molar-refractivity contribution in [1.82, 2.24) is 10.1 Å². The second-order valence-electron chi connectivity index (χ2n) is 2.32. The Morgan fingerprint density at radius 1 is 1.62 bits per heavy atom. The van der Waals surface area contributed by atoms with E-state index in [-0.39, 0.29) is 6.42 Å². The van der Waals surface area contributed by atoms with Crippen LogP contribution in [0.5, 0.6) is 0 Å². The number of rotatable bonds is 2. The molecule has 0 aromatic carbocycles. The second-order valence-corrected chi connectivity index (χ2v) is 3.27. The SMILES string of the molecule is N#CCc1nc(-c2cccs2)no1. The third-order valence-electron chi connectivity index (χ3n) is 1.44. The van der Waals surface area contributed by atoms with E-state index in [2.05, 4.69) is 10.1 Å². The third kappa shape index (κ3) is 1.58. The van der Waals surface area contributed by atoms with Crippen molar-refractivity contribution in [2.24, 2.45) is 0 Å². The highest BCUT2D eigenvalue weighted by molar-refractivity contribution is 7.13. The lowest BCUT2D eigenvalue weighted by atomic mass is 10.4. The van der Waals surface area contributed by atoms with E-state index < -0.39 is 0 Å². The molecule has 0 aliphatic heterocycles. The molecule has 13 heavy (non-hydrogen) atoms. The normalized spacial score (nSPS) is 9.77. The molecule has 4 nitrogen and oxygen atoms in total. The van der Waals surface area contributed by atoms with Crippen LogP contribution >= 0.6 is 11.3 Å². The van der Waals surface area contributed by atoms with Gasteiger partial charge in [0.2, 0.25) is 11.7 Å². The van der Waals surface area contributed by atoms with Crippen molar-refractivity contribution in [3.05, 3.63) is 23.4 Å². The maximum Gasteiger partial charge on any atom is 0.241 e. The fourth-order valence-electron chi connectivity index (χ4n) is 0.900. The van der Waals surface area contributed by atoms with Crippen LogP contribution in [0.25, 0.3) is 10.7 Å². The third-order valence-corrected chi connectivity index (χ3v) is 2.31. The molecule has 0 radical (unpaired) electrons. The second kappa shape index (κ2) is 3.37. The highest BCUT2D eigenvalue weighted by atomic mass is 32.1. The maximum atomic E-state index is 8.38. The van der Waals surface area contributed by atoms with Gasteiger partial charge in [-0.1, -0.05) is 11.2 Å². The van der Waals surface area contributed by atoms with Gasteiger partial charge in [0.05, 0.1) is 10.9 Å². The number of thiophene rings is 1. The van der Waals surface area contributed by atoms with Crippen LogP contribution in [0.15, 0.2) is 22.0 Å². The van der Waals surface area contributed by atoms with Gasteiger partial charge in [-0.15, -0.1) is 11.3 Å². The lowest BCUT2D eigenvalue weighted by Crippen LogP contribution is -1.79. The number of hydrogen-bond donors (Lipinski definition) is 0. The summed E-state index contributed by atoms with van der Waals surface area (Å²) in [5.74, 6) is 0.922. The molecule has 64 valence electrons. The van der Waals surface area contributed by atoms with E-state index in [1.807, 2.05) is 23.6 Å². The zero-order valence-corrected chi connectivity index (χ0v) is 7.41. The molecule has 2 heterocycles. The van der Waals surface area contributed by atoms with Crippen molar-refractivity contribution >= 4 is 11.3 Å². The topological polar surface area (TPSA) is 62.7 Å². The summed E-state index contributed by atoms with van der Waals surface area (Å²) in [6.07, 6.45) is 0.165. The predicted molar refractivity (Wildman–Crippen MR) is 46.9 cm³/mol. The Morgan fingerprint density at radius 2 is 2.54 bits per heavy atom. The molecule has 5 heteroatoms. The van der Waals surface area contributed by atoms with E-state index in [9.17, 15) is 0 Å². The average molecular weight is 191 g/mol. The van der Waals surface area contributed by atoms with E-state index in [0.29, 0.717) is 11.7 Å². The molecular weight excluding hydrogens is 186 g/mol. The minimum atomic E-state index is 0.165. The zero-order chi connectivity index (χ0) is 9.10. The molecule has 0 unspecified atom stereocenters. The first-order chi connectivity index (χ1) is 6.40. The van der Waals surface area contributed by atoms with Crippen molar-refractivity contribution in [2.45, 2.75) is 6.42 Å². The minimum Gasteiger partial charge on any atom is -0.338 e. The molecule has 0 N–H and O–H groups in total. The van der Waals surface area contributed by atoms with Crippen LogP contribution in [-0.2, 0) is 6.42 Å². The van der Waals surface area contributed by atoms with Gasteiger partial charge in [-0.25, -0.2) is 0 Å². The van der Waals surface area contributed by atoms with Crippen LogP contribution in [0.2, 0.25) is 0 Å². The van der Waals surface area contributed by atoms with E-state index in [1.54, 1.807) is 0 Å². The number of nitriles is 1. The first-order valence-electron chi connectivity index (χ1n) is 3.63. The first-order valence-corrected chi connectivity index (χ1v) is 4.51. The van der Waals surface area contributed by atoms with Crippen LogP contribution in [0, 0.1) is 11.3 Å². The summed E-state index contributed by atoms with van der Waals surface area (Å²) in [7, 11) is 0. The van der Waals surface area contributed by atoms with Crippen molar-refractivity contribution in [2.75, 3.05) is 0 Å². The van der Waals surface area contributed by atoms with Gasteiger partial charge in [-0.3, -0.25) is 0 Å². The Bertz CT molecular complexity index is 426. The Hall–Kier alpha value is -1.67. The Morgan fingerprint density at radius 3 is 3.23 bits per heavy atom. The van der Waals surface area contributed by atoms with E-state index in [0.717, 1.165) is 4.88 Å². The Labute approximate surface area is 78.4 Å². The van der Waals surface area contributed by atoms with Gasteiger partial charge in [-0.2, -0.15) is 10.2 Å². The summed E-state index contributed by atoms with van der Waals surface area (Å²) in [6, 6.07) is 5.78. The molecule has 0 saturated heterocycles. The van der Waals surface area contributed by atoms with Crippen molar-refractivity contribution in [3.63, 3.8) is 0 Å². The quantitative estimate of drug-likeness (QED) is 0.726. The standard InChI is InChI=1S/C8H5N3OS/c9-4-3-7-10-8(11-12-7)6-2-1-5-13-6/h1-2,5H,3H2. The summed E-state index contributed by atoms with van der Waals surface area (Å²) in [5.41, 5.74) is 0. The van der Waals surface area contributed by atoms with Gasteiger partial charge < -0.3 is 4.52 Å². The summed E-state index contributed by atoms with van der Waals surface area (Å²) in [6.45, 7) is 0. The van der Waals surface area contributed by atoms with Gasteiger partial charge in [0, 0.05) is 0 Å². The highest BCUT2D eigenvalue weighted by Gasteiger charge is 2.07. The molecule has 0 aliphatic rings. The van der Waals surface area contributed by atoms with Crippen LogP contribution < -0.4 is 0 Å². The minimum absolute atomic E-state index is 0.165. The van der Waals surface area contributed by atoms with Gasteiger partial charge in [0.15, 0.2) is 0 Å². The Balaban J connectivity index is 2.29. The summed E-state index contributed by atoms with van der Waals surface area (Å²) < 4.78 is 4.85. The summed E-state index contributed by atoms with van der Waals surface area (Å²) in [4.78, 5) is 5.00. The molecule has 0 atom stereocenters. The fourth-order valence-corrected chi connectivity index (χ4v) is 1.55. The monoisotopic (exact) mass is 191 g/mol. The lowest BCUT2D eigenvalue weighted by Gasteiger charge is -1.81. The van der Waals surface area contributed by atoms with E-state index in [4.69, 9.17) is 9.78 Å². The lowest BCUT2D eigenvalue weighted by molar-refractivity contribution is 0.388. The van der Waals surface area contributed by atoms with Crippen LogP contribution in [0.1, 0.15) is 5.89 Å². The molecular formula is C8H5N3OS. The van der Waals surface area contributed by atoms with Gasteiger partial charge in [-0.05, 0) is 11.4 Å². The molecule has 0 aliphatic carbocycles. The number of hydrogen-bond acceptors (Lipinski definition) is 5. The highest BCUT2D eigenvalue weighted by Crippen LogP contribution is 2.21. The number of nitrogens with zero attached hydrogens (tertiary/aromatic N) is 3. The fraction of sp³-hybridized carbons (Fsp3) is 0.125. The summed E-state index contributed by atoms with van der Waals surface area (Å²) >= 11 is 1.54. The van der Waals surface area contributed by atoms with E-state index >= 15 is 0 Å². The van der Waals surface area contributed by atoms with Crippen molar-refractivity contribution in [3.8, 4) is 16.8 Å². The molecule has 0 saturated carbocycles. The Kier molecular flexibility index (Phi) is 2.06. The van der Waals surface area contributed by atoms with Gasteiger partial charge in [0.1, 0.15) is 6.42 Å². The first kappa shape index (κ1) is 7.95. The molecule has 0 fully saturated rings. The predicted octanol–water partition coefficient (Wildman–Crippen LogP) is 1.86. The molecule has 2 rings (SSSR count). The molecule has 2 aromatic rings. The van der Waals surface area contributed by atoms with Crippen molar-refractivity contribution in [1.29, 1.82) is 5.26 Å². The van der Waals surface area contributed by atoms with Crippen LogP contribution in [0.3, 0.4) is 0 Å². The van der Waals surface area contributed by atoms with Crippen LogP contribution in [-0.4, -0.2) is 10.1 Å². The molecule has 0 amide bonds. The average Bonchev–Trinajstić information content (AvgIpc) is 2.70. The van der Waals surface area contributed by atoms with Crippen LogP contribution in [0.4, 0.5) is 0 Å². The largest absolute Gasteiger partial charge is 0.338 e. The smallest absolute Gasteiger partial charge is 0.241 e. The summed E-state index contributed by atoms with van der Waals surface area (Å²) in [5, 5.41) is 14.1. The molecule has 2 aromatic heterocycles.